The predicted octanol–water partition coefficient (Wildman–Crippen LogP) is 1.30. The average Bonchev–Trinajstić information content (AvgIpc) is 2.29. The second-order valence-corrected chi connectivity index (χ2v) is 3.86. The van der Waals surface area contributed by atoms with Crippen LogP contribution >= 0.6 is 11.6 Å². The van der Waals surface area contributed by atoms with Gasteiger partial charge >= 0.3 is 0 Å². The zero-order valence-electron chi connectivity index (χ0n) is 9.06. The van der Waals surface area contributed by atoms with E-state index in [2.05, 4.69) is 0 Å². The Hall–Kier alpha value is -0.970. The molecule has 0 aromatic heterocycles. The summed E-state index contributed by atoms with van der Waals surface area (Å²) in [5.41, 5.74) is 6.59. The molecular weight excluding hydrogens is 230 g/mol. The van der Waals surface area contributed by atoms with Gasteiger partial charge in [-0.25, -0.2) is 0 Å². The lowest BCUT2D eigenvalue weighted by Crippen LogP contribution is -2.19. The van der Waals surface area contributed by atoms with Crippen molar-refractivity contribution in [1.82, 2.24) is 0 Å². The summed E-state index contributed by atoms with van der Waals surface area (Å²) >= 11 is 5.50. The first kappa shape index (κ1) is 13.1. The van der Waals surface area contributed by atoms with Crippen LogP contribution < -0.4 is 10.5 Å². The number of benzene rings is 1. The number of nitrogens with two attached hydrogens (primary N) is 1. The van der Waals surface area contributed by atoms with E-state index < -0.39 is 12.2 Å². The number of methoxy groups -OCH3 is 1. The molecule has 0 aliphatic carbocycles. The molecule has 0 bridgehead atoms. The van der Waals surface area contributed by atoms with Crippen molar-refractivity contribution >= 4 is 17.3 Å². The van der Waals surface area contributed by atoms with Crippen LogP contribution in [0.5, 0.6) is 5.75 Å². The van der Waals surface area contributed by atoms with Crippen molar-refractivity contribution < 1.29 is 14.9 Å². The lowest BCUT2D eigenvalue weighted by atomic mass is 10.0. The zero-order valence-corrected chi connectivity index (χ0v) is 9.81. The SMILES string of the molecule is COc1ccc(N)c(C(O)C(O)CCCl)c1. The monoisotopic (exact) mass is 245 g/mol. The third-order valence-electron chi connectivity index (χ3n) is 2.38. The van der Waals surface area contributed by atoms with Gasteiger partial charge in [-0.05, 0) is 24.6 Å². The molecule has 0 saturated heterocycles. The van der Waals surface area contributed by atoms with E-state index in [1.54, 1.807) is 18.2 Å². The van der Waals surface area contributed by atoms with Gasteiger partial charge < -0.3 is 20.7 Å². The number of nitrogen functional groups attached to an aromatic ring is 1. The molecule has 0 heterocycles. The highest BCUT2D eigenvalue weighted by Gasteiger charge is 2.20. The maximum Gasteiger partial charge on any atom is 0.119 e. The Kier molecular flexibility index (Phi) is 4.86. The molecule has 0 radical (unpaired) electrons. The van der Waals surface area contributed by atoms with Crippen LogP contribution in [0, 0.1) is 0 Å². The van der Waals surface area contributed by atoms with Crippen LogP contribution in [0.4, 0.5) is 5.69 Å². The summed E-state index contributed by atoms with van der Waals surface area (Å²) in [7, 11) is 1.52. The number of ether oxygens (including phenoxy) is 1. The minimum atomic E-state index is -1.05. The fourth-order valence-electron chi connectivity index (χ4n) is 1.41. The van der Waals surface area contributed by atoms with Crippen molar-refractivity contribution in [3.8, 4) is 5.75 Å². The van der Waals surface area contributed by atoms with Gasteiger partial charge in [-0.15, -0.1) is 11.6 Å². The molecule has 90 valence electrons. The first-order valence-corrected chi connectivity index (χ1v) is 5.49. The lowest BCUT2D eigenvalue weighted by molar-refractivity contribution is 0.0173. The Morgan fingerprint density at radius 1 is 1.44 bits per heavy atom. The van der Waals surface area contributed by atoms with Gasteiger partial charge in [0, 0.05) is 17.1 Å². The summed E-state index contributed by atoms with van der Waals surface area (Å²) in [6.45, 7) is 0. The molecule has 2 atom stereocenters. The Labute approximate surface area is 99.6 Å². The van der Waals surface area contributed by atoms with Crippen molar-refractivity contribution in [1.29, 1.82) is 0 Å². The molecule has 0 aliphatic heterocycles. The fraction of sp³-hybridized carbons (Fsp3) is 0.455. The highest BCUT2D eigenvalue weighted by Crippen LogP contribution is 2.28. The number of hydrogen-bond acceptors (Lipinski definition) is 4. The Morgan fingerprint density at radius 2 is 2.12 bits per heavy atom. The molecule has 5 heteroatoms. The van der Waals surface area contributed by atoms with Gasteiger partial charge in [0.25, 0.3) is 0 Å². The summed E-state index contributed by atoms with van der Waals surface area (Å²) in [5, 5.41) is 19.5. The second-order valence-electron chi connectivity index (χ2n) is 3.48. The maximum absolute atomic E-state index is 9.88. The number of anilines is 1. The fourth-order valence-corrected chi connectivity index (χ4v) is 1.64. The zero-order chi connectivity index (χ0) is 12.1. The second kappa shape index (κ2) is 5.94. The maximum atomic E-state index is 9.88. The summed E-state index contributed by atoms with van der Waals surface area (Å²) in [6, 6.07) is 4.93. The van der Waals surface area contributed by atoms with Crippen molar-refractivity contribution in [3.63, 3.8) is 0 Å². The molecule has 16 heavy (non-hydrogen) atoms. The Morgan fingerprint density at radius 3 is 2.69 bits per heavy atom. The van der Waals surface area contributed by atoms with E-state index in [-0.39, 0.29) is 5.88 Å². The van der Waals surface area contributed by atoms with Crippen molar-refractivity contribution in [2.75, 3.05) is 18.7 Å². The first-order valence-electron chi connectivity index (χ1n) is 4.95. The molecule has 4 nitrogen and oxygen atoms in total. The number of rotatable bonds is 5. The molecule has 0 spiro atoms. The highest BCUT2D eigenvalue weighted by molar-refractivity contribution is 6.17. The van der Waals surface area contributed by atoms with Crippen molar-refractivity contribution in [2.24, 2.45) is 0 Å². The molecule has 0 saturated carbocycles. The van der Waals surface area contributed by atoms with Gasteiger partial charge in [0.2, 0.25) is 0 Å². The summed E-state index contributed by atoms with van der Waals surface area (Å²) in [4.78, 5) is 0. The van der Waals surface area contributed by atoms with E-state index >= 15 is 0 Å². The first-order chi connectivity index (χ1) is 7.60. The van der Waals surface area contributed by atoms with E-state index in [1.807, 2.05) is 0 Å². The van der Waals surface area contributed by atoms with Crippen LogP contribution in [0.1, 0.15) is 18.1 Å². The van der Waals surface area contributed by atoms with Crippen molar-refractivity contribution in [3.05, 3.63) is 23.8 Å². The van der Waals surface area contributed by atoms with Crippen LogP contribution in [0.2, 0.25) is 0 Å². The van der Waals surface area contributed by atoms with Crippen LogP contribution in [-0.2, 0) is 0 Å². The molecule has 0 fully saturated rings. The molecule has 1 aromatic carbocycles. The molecule has 0 amide bonds. The molecule has 4 N–H and O–H groups in total. The highest BCUT2D eigenvalue weighted by atomic mass is 35.5. The van der Waals surface area contributed by atoms with E-state index in [0.29, 0.717) is 23.4 Å². The minimum Gasteiger partial charge on any atom is -0.497 e. The number of hydrogen-bond donors (Lipinski definition) is 3. The molecule has 1 aromatic rings. The minimum absolute atomic E-state index is 0.280. The Bertz CT molecular complexity index is 346. The summed E-state index contributed by atoms with van der Waals surface area (Å²) in [6.07, 6.45) is -1.67. The van der Waals surface area contributed by atoms with Gasteiger partial charge in [-0.3, -0.25) is 0 Å². The van der Waals surface area contributed by atoms with Crippen molar-refractivity contribution in [2.45, 2.75) is 18.6 Å². The van der Waals surface area contributed by atoms with E-state index in [1.165, 1.54) is 7.11 Å². The predicted molar refractivity (Wildman–Crippen MR) is 63.7 cm³/mol. The molecule has 0 aliphatic rings. The number of aliphatic hydroxyl groups is 2. The molecular formula is C11H16ClNO3. The lowest BCUT2D eigenvalue weighted by Gasteiger charge is -2.19. The van der Waals surface area contributed by atoms with Crippen LogP contribution in [-0.4, -0.2) is 29.3 Å². The van der Waals surface area contributed by atoms with Crippen LogP contribution in [0.25, 0.3) is 0 Å². The van der Waals surface area contributed by atoms with E-state index in [4.69, 9.17) is 22.1 Å². The Balaban J connectivity index is 2.92. The summed E-state index contributed by atoms with van der Waals surface area (Å²) in [5.74, 6) is 0.864. The topological polar surface area (TPSA) is 75.7 Å². The van der Waals surface area contributed by atoms with Crippen LogP contribution in [0.15, 0.2) is 18.2 Å². The van der Waals surface area contributed by atoms with E-state index in [0.717, 1.165) is 0 Å². The average molecular weight is 246 g/mol. The molecule has 1 rings (SSSR count). The van der Waals surface area contributed by atoms with Gasteiger partial charge in [0.05, 0.1) is 13.2 Å². The quantitative estimate of drug-likeness (QED) is 0.540. The standard InChI is InChI=1S/C11H16ClNO3/c1-16-7-2-3-9(13)8(6-7)11(15)10(14)4-5-12/h2-3,6,10-11,14-15H,4-5,13H2,1H3. The van der Waals surface area contributed by atoms with Crippen LogP contribution in [0.3, 0.4) is 0 Å². The normalized spacial score (nSPS) is 14.5. The third-order valence-corrected chi connectivity index (χ3v) is 2.60. The largest absolute Gasteiger partial charge is 0.497 e. The number of aliphatic hydroxyl groups excluding tert-OH is 2. The van der Waals surface area contributed by atoms with Gasteiger partial charge in [0.15, 0.2) is 0 Å². The summed E-state index contributed by atoms with van der Waals surface area (Å²) < 4.78 is 5.03. The number of halogens is 1. The van der Waals surface area contributed by atoms with E-state index in [9.17, 15) is 10.2 Å². The third kappa shape index (κ3) is 3.01. The molecule has 2 unspecified atom stereocenters. The number of alkyl halides is 1. The van der Waals surface area contributed by atoms with Gasteiger partial charge in [0.1, 0.15) is 11.9 Å². The van der Waals surface area contributed by atoms with Gasteiger partial charge in [-0.1, -0.05) is 0 Å². The smallest absolute Gasteiger partial charge is 0.119 e. The van der Waals surface area contributed by atoms with Gasteiger partial charge in [-0.2, -0.15) is 0 Å².